The number of nitrogens with one attached hydrogen (secondary N) is 1. The first-order valence-corrected chi connectivity index (χ1v) is 5.31. The molecule has 1 heterocycles. The van der Waals surface area contributed by atoms with Crippen molar-refractivity contribution in [1.29, 1.82) is 0 Å². The summed E-state index contributed by atoms with van der Waals surface area (Å²) in [5.74, 6) is 0.127. The van der Waals surface area contributed by atoms with E-state index >= 15 is 0 Å². The Hall–Kier alpha value is -1.19. The summed E-state index contributed by atoms with van der Waals surface area (Å²) in [5.41, 5.74) is 0. The van der Waals surface area contributed by atoms with Gasteiger partial charge in [0.25, 0.3) is 0 Å². The highest BCUT2D eigenvalue weighted by atomic mass is 16.6. The molecule has 0 saturated carbocycles. The van der Waals surface area contributed by atoms with Crippen LogP contribution in [0.15, 0.2) is 12.3 Å². The molecule has 1 rings (SSSR count). The van der Waals surface area contributed by atoms with Crippen LogP contribution in [-0.4, -0.2) is 63.8 Å². The fraction of sp³-hybridized carbons (Fsp3) is 0.700. The van der Waals surface area contributed by atoms with Crippen LogP contribution in [-0.2, 0) is 9.47 Å². The number of carbonyl (C=O) groups is 1. The number of hydrogen-bond acceptors (Lipinski definition) is 7. The van der Waals surface area contributed by atoms with Crippen molar-refractivity contribution >= 4 is 6.09 Å². The van der Waals surface area contributed by atoms with Crippen molar-refractivity contribution in [1.82, 2.24) is 5.32 Å². The number of rotatable bonds is 3. The molecule has 8 heteroatoms. The van der Waals surface area contributed by atoms with E-state index in [-0.39, 0.29) is 5.76 Å². The molecule has 0 aromatic heterocycles. The maximum atomic E-state index is 11.3. The van der Waals surface area contributed by atoms with Gasteiger partial charge in [-0.15, -0.1) is 0 Å². The summed E-state index contributed by atoms with van der Waals surface area (Å²) < 4.78 is 9.42. The molecule has 1 fully saturated rings. The average molecular weight is 263 g/mol. The highest BCUT2D eigenvalue weighted by Gasteiger charge is 2.44. The van der Waals surface area contributed by atoms with Crippen molar-refractivity contribution in [3.63, 3.8) is 0 Å². The van der Waals surface area contributed by atoms with Crippen LogP contribution in [0.1, 0.15) is 6.92 Å². The Balaban J connectivity index is 2.65. The van der Waals surface area contributed by atoms with Crippen LogP contribution in [0.4, 0.5) is 4.79 Å². The van der Waals surface area contributed by atoms with E-state index in [1.54, 1.807) is 0 Å². The lowest BCUT2D eigenvalue weighted by atomic mass is 9.97. The molecule has 0 radical (unpaired) electrons. The van der Waals surface area contributed by atoms with Crippen molar-refractivity contribution < 1.29 is 34.7 Å². The molecule has 5 N–H and O–H groups in total. The summed E-state index contributed by atoms with van der Waals surface area (Å²) in [6, 6.07) is -1.27. The maximum absolute atomic E-state index is 11.3. The van der Waals surface area contributed by atoms with Gasteiger partial charge >= 0.3 is 6.09 Å². The molecule has 0 spiro atoms. The topological polar surface area (TPSA) is 128 Å². The van der Waals surface area contributed by atoms with E-state index < -0.39 is 43.3 Å². The van der Waals surface area contributed by atoms with Crippen LogP contribution >= 0.6 is 0 Å². The van der Waals surface area contributed by atoms with Gasteiger partial charge in [-0.3, -0.25) is 0 Å². The summed E-state index contributed by atoms with van der Waals surface area (Å²) in [7, 11) is 0. The SMILES string of the molecule is C=C(C)OC(=O)NC1C(O)OC(CO)C(O)C1O. The molecule has 18 heavy (non-hydrogen) atoms. The van der Waals surface area contributed by atoms with Gasteiger partial charge in [0.2, 0.25) is 0 Å². The minimum atomic E-state index is -1.57. The molecule has 1 saturated heterocycles. The predicted molar refractivity (Wildman–Crippen MR) is 58.2 cm³/mol. The molecule has 1 amide bonds. The number of carbonyl (C=O) groups excluding carboxylic acids is 1. The molecule has 8 nitrogen and oxygen atoms in total. The lowest BCUT2D eigenvalue weighted by molar-refractivity contribution is -0.252. The van der Waals surface area contributed by atoms with E-state index in [1.165, 1.54) is 6.92 Å². The van der Waals surface area contributed by atoms with Crippen molar-refractivity contribution in [2.24, 2.45) is 0 Å². The van der Waals surface area contributed by atoms with Gasteiger partial charge < -0.3 is 35.2 Å². The molecule has 0 aromatic carbocycles. The predicted octanol–water partition coefficient (Wildman–Crippen LogP) is -1.95. The Morgan fingerprint density at radius 3 is 2.50 bits per heavy atom. The molecule has 5 unspecified atom stereocenters. The number of alkyl carbamates (subject to hydrolysis) is 1. The molecule has 104 valence electrons. The molecular formula is C10H17NO7. The molecule has 1 aliphatic heterocycles. The van der Waals surface area contributed by atoms with E-state index in [1.807, 2.05) is 0 Å². The summed E-state index contributed by atoms with van der Waals surface area (Å²) in [6.45, 7) is 4.22. The standard InChI is InChI=1S/C10H17NO7/c1-4(2)17-10(16)11-6-8(14)7(13)5(3-12)18-9(6)15/h5-9,12-15H,1,3H2,2H3,(H,11,16). The van der Waals surface area contributed by atoms with Gasteiger partial charge in [-0.1, -0.05) is 6.58 Å². The van der Waals surface area contributed by atoms with Crippen molar-refractivity contribution in [3.8, 4) is 0 Å². The Bertz CT molecular complexity index is 321. The molecule has 1 aliphatic rings. The summed E-state index contributed by atoms with van der Waals surface area (Å²) in [5, 5.41) is 39.8. The lowest BCUT2D eigenvalue weighted by Crippen LogP contribution is -2.64. The zero-order valence-corrected chi connectivity index (χ0v) is 9.81. The summed E-state index contributed by atoms with van der Waals surface area (Å²) in [6.07, 6.45) is -6.57. The van der Waals surface area contributed by atoms with Crippen LogP contribution in [0.25, 0.3) is 0 Å². The minimum absolute atomic E-state index is 0.127. The van der Waals surface area contributed by atoms with E-state index in [2.05, 4.69) is 16.6 Å². The number of allylic oxidation sites excluding steroid dienone is 1. The number of hydrogen-bond donors (Lipinski definition) is 5. The second-order valence-corrected chi connectivity index (χ2v) is 3.99. The van der Waals surface area contributed by atoms with Crippen LogP contribution in [0.2, 0.25) is 0 Å². The number of aliphatic hydroxyl groups is 4. The Morgan fingerprint density at radius 1 is 1.39 bits per heavy atom. The first-order valence-electron chi connectivity index (χ1n) is 5.31. The molecule has 5 atom stereocenters. The zero-order valence-electron chi connectivity index (χ0n) is 9.81. The van der Waals surface area contributed by atoms with Crippen molar-refractivity contribution in [2.75, 3.05) is 6.61 Å². The van der Waals surface area contributed by atoms with E-state index in [0.29, 0.717) is 0 Å². The third kappa shape index (κ3) is 3.40. The first kappa shape index (κ1) is 14.9. The lowest BCUT2D eigenvalue weighted by Gasteiger charge is -2.39. The Labute approximate surface area is 103 Å². The molecule has 0 bridgehead atoms. The van der Waals surface area contributed by atoms with Gasteiger partial charge in [0.1, 0.15) is 24.4 Å². The number of ether oxygens (including phenoxy) is 2. The van der Waals surface area contributed by atoms with Crippen molar-refractivity contribution in [2.45, 2.75) is 37.6 Å². The van der Waals surface area contributed by atoms with Crippen LogP contribution in [0.3, 0.4) is 0 Å². The Morgan fingerprint density at radius 2 is 2.00 bits per heavy atom. The zero-order chi connectivity index (χ0) is 13.9. The third-order valence-electron chi connectivity index (χ3n) is 2.45. The quantitative estimate of drug-likeness (QED) is 0.374. The molecule has 0 aliphatic carbocycles. The minimum Gasteiger partial charge on any atom is -0.416 e. The average Bonchev–Trinajstić information content (AvgIpc) is 2.28. The van der Waals surface area contributed by atoms with Gasteiger partial charge in [0.05, 0.1) is 12.4 Å². The van der Waals surface area contributed by atoms with Crippen LogP contribution in [0.5, 0.6) is 0 Å². The van der Waals surface area contributed by atoms with E-state index in [0.717, 1.165) is 0 Å². The second kappa shape index (κ2) is 6.12. The second-order valence-electron chi connectivity index (χ2n) is 3.99. The van der Waals surface area contributed by atoms with Crippen molar-refractivity contribution in [3.05, 3.63) is 12.3 Å². The molecule has 0 aromatic rings. The number of amides is 1. The summed E-state index contributed by atoms with van der Waals surface area (Å²) >= 11 is 0. The Kier molecular flexibility index (Phi) is 5.05. The van der Waals surface area contributed by atoms with Gasteiger partial charge in [-0.05, 0) is 6.92 Å². The monoisotopic (exact) mass is 263 g/mol. The largest absolute Gasteiger partial charge is 0.416 e. The highest BCUT2D eigenvalue weighted by Crippen LogP contribution is 2.19. The maximum Gasteiger partial charge on any atom is 0.412 e. The smallest absolute Gasteiger partial charge is 0.412 e. The van der Waals surface area contributed by atoms with Gasteiger partial charge in [0, 0.05) is 0 Å². The van der Waals surface area contributed by atoms with Crippen LogP contribution in [0, 0.1) is 0 Å². The van der Waals surface area contributed by atoms with Gasteiger partial charge in [-0.25, -0.2) is 4.79 Å². The fourth-order valence-corrected chi connectivity index (χ4v) is 1.58. The van der Waals surface area contributed by atoms with E-state index in [4.69, 9.17) is 9.84 Å². The third-order valence-corrected chi connectivity index (χ3v) is 2.45. The van der Waals surface area contributed by atoms with Gasteiger partial charge in [0.15, 0.2) is 6.29 Å². The first-order chi connectivity index (χ1) is 8.36. The molecular weight excluding hydrogens is 246 g/mol. The normalized spacial score (nSPS) is 35.9. The van der Waals surface area contributed by atoms with E-state index in [9.17, 15) is 20.1 Å². The summed E-state index contributed by atoms with van der Waals surface area (Å²) in [4.78, 5) is 11.3. The van der Waals surface area contributed by atoms with Gasteiger partial charge in [-0.2, -0.15) is 0 Å². The number of aliphatic hydroxyl groups excluding tert-OH is 4. The fourth-order valence-electron chi connectivity index (χ4n) is 1.58. The highest BCUT2D eigenvalue weighted by molar-refractivity contribution is 5.68. The van der Waals surface area contributed by atoms with Crippen LogP contribution < -0.4 is 5.32 Å².